The van der Waals surface area contributed by atoms with Gasteiger partial charge in [0.25, 0.3) is 11.8 Å². The summed E-state index contributed by atoms with van der Waals surface area (Å²) >= 11 is 0. The minimum atomic E-state index is -0.419. The van der Waals surface area contributed by atoms with Crippen molar-refractivity contribution < 1.29 is 143 Å². The number of carbonyl (C=O) groups is 8. The first-order chi connectivity index (χ1) is 56.6. The van der Waals surface area contributed by atoms with E-state index in [0.717, 1.165) is 69.1 Å². The number of carbonyl (C=O) groups excluding carboxylic acids is 8. The second-order valence-corrected chi connectivity index (χ2v) is 25.7. The molecule has 0 aromatic rings. The van der Waals surface area contributed by atoms with Crippen LogP contribution in [0.4, 0.5) is 9.59 Å². The molecule has 0 fully saturated rings. The fourth-order valence-electron chi connectivity index (χ4n) is 10.4. The molecule has 115 heavy (non-hydrogen) atoms. The predicted octanol–water partition coefficient (Wildman–Crippen LogP) is 2.21. The molecule has 37 nitrogen and oxygen atoms in total. The van der Waals surface area contributed by atoms with E-state index in [-0.39, 0.29) is 101 Å². The van der Waals surface area contributed by atoms with Gasteiger partial charge in [-0.05, 0) is 64.2 Å². The molecule has 8 amide bonds. The number of hydrogen-bond donors (Lipinski definition) is 5. The Bertz CT molecular complexity index is 2370. The number of ether oxygens (including phenoxy) is 22. The minimum Gasteiger partial charge on any atom is -0.446 e. The van der Waals surface area contributed by atoms with E-state index >= 15 is 0 Å². The van der Waals surface area contributed by atoms with Crippen LogP contribution in [0.5, 0.6) is 0 Å². The lowest BCUT2D eigenvalue weighted by Crippen LogP contribution is -2.37. The molecule has 37 heteroatoms. The quantitative estimate of drug-likeness (QED) is 0.0331. The van der Waals surface area contributed by atoms with Crippen molar-refractivity contribution in [3.63, 3.8) is 0 Å². The summed E-state index contributed by atoms with van der Waals surface area (Å²) in [5.74, 6) is -1.54. The summed E-state index contributed by atoms with van der Waals surface area (Å²) in [4.78, 5) is 99.7. The Morgan fingerprint density at radius 2 is 0.530 bits per heavy atom. The van der Waals surface area contributed by atoms with Crippen LogP contribution in [0.2, 0.25) is 0 Å². The molecule has 5 N–H and O–H groups in total. The standard InChI is InChI=1S/C78H137N7O30/c86-71(17-26-85-75(90)15-16-76(85)91)79-21-32-97-44-54-109-64-66-113-68-67-112-65-61-106-51-41-96-31-20-74(89)84(27-37-102-47-57-107-52-42-98-33-22-80-72(87)18-29-94-39-49-104-59-62-110-55-45-100-35-24-82-77(92)114-69-11-7-3-1-4-8-12-69)28-38-103-48-58-108-53-43-99-34-23-81-73(88)19-30-95-40-50-105-60-63-111-56-46-101-36-25-83-78(93)115-70-13-9-5-2-6-10-14-70/h1-3,5,15-16,69-70H,4,6-14,17-68H2,(H,79,86)(H,80,87)(H,81,88)(H,82,92)(H,83,93). The summed E-state index contributed by atoms with van der Waals surface area (Å²) in [5.41, 5.74) is 0. The van der Waals surface area contributed by atoms with Gasteiger partial charge in [-0.3, -0.25) is 33.7 Å². The summed E-state index contributed by atoms with van der Waals surface area (Å²) in [5, 5.41) is 13.7. The molecule has 0 radical (unpaired) electrons. The van der Waals surface area contributed by atoms with Crippen molar-refractivity contribution in [2.45, 2.75) is 102 Å². The van der Waals surface area contributed by atoms with Crippen molar-refractivity contribution in [3.8, 4) is 0 Å². The number of nitrogens with one attached hydrogen (secondary N) is 5. The van der Waals surface area contributed by atoms with Crippen LogP contribution in [-0.2, 0) is 133 Å². The second-order valence-electron chi connectivity index (χ2n) is 25.7. The van der Waals surface area contributed by atoms with Crippen molar-refractivity contribution in [2.75, 3.05) is 317 Å². The van der Waals surface area contributed by atoms with Gasteiger partial charge in [0, 0.05) is 83.8 Å². The van der Waals surface area contributed by atoms with E-state index in [4.69, 9.17) is 104 Å². The van der Waals surface area contributed by atoms with Crippen molar-refractivity contribution in [1.82, 2.24) is 36.4 Å². The van der Waals surface area contributed by atoms with E-state index in [1.165, 1.54) is 12.2 Å². The van der Waals surface area contributed by atoms with Gasteiger partial charge in [0.2, 0.25) is 23.6 Å². The van der Waals surface area contributed by atoms with Crippen LogP contribution in [0, 0.1) is 0 Å². The Morgan fingerprint density at radius 3 is 0.835 bits per heavy atom. The van der Waals surface area contributed by atoms with Crippen LogP contribution in [0.15, 0.2) is 36.5 Å². The lowest BCUT2D eigenvalue weighted by atomic mass is 10.0. The van der Waals surface area contributed by atoms with E-state index in [2.05, 4.69) is 50.9 Å². The summed E-state index contributed by atoms with van der Waals surface area (Å²) in [7, 11) is 0. The highest BCUT2D eigenvalue weighted by Gasteiger charge is 2.24. The van der Waals surface area contributed by atoms with Crippen LogP contribution in [0.3, 0.4) is 0 Å². The lowest BCUT2D eigenvalue weighted by Gasteiger charge is -2.23. The molecule has 0 saturated carbocycles. The smallest absolute Gasteiger partial charge is 0.407 e. The number of allylic oxidation sites excluding steroid dienone is 4. The van der Waals surface area contributed by atoms with Gasteiger partial charge in [-0.2, -0.15) is 0 Å². The highest BCUT2D eigenvalue weighted by molar-refractivity contribution is 6.13. The Balaban J connectivity index is 1.13. The fourth-order valence-corrected chi connectivity index (χ4v) is 10.4. The van der Waals surface area contributed by atoms with Gasteiger partial charge in [0.1, 0.15) is 12.2 Å². The SMILES string of the molecule is O=C(CCOCCOCCOCCOCCNC(=O)OC1CCC=CCCC1)NCCOCCOCCOCCN(CCOCCOCCOCCNC(=O)CCOCCOCCOCCOCCNC(=O)OC1CCC=CCCC1)C(=O)CCOCCOCCOCCOCCOCCOCCNC(=O)CCN1C(=O)C=CC1=O. The van der Waals surface area contributed by atoms with Crippen LogP contribution >= 0.6 is 0 Å². The van der Waals surface area contributed by atoms with Gasteiger partial charge < -0.3 is 136 Å². The monoisotopic (exact) mass is 1650 g/mol. The van der Waals surface area contributed by atoms with Gasteiger partial charge in [-0.1, -0.05) is 24.3 Å². The summed E-state index contributed by atoms with van der Waals surface area (Å²) in [6.07, 6.45) is 20.0. The number of imide groups is 1. The molecule has 0 aromatic carbocycles. The van der Waals surface area contributed by atoms with Crippen LogP contribution in [0.1, 0.15) is 89.9 Å². The first-order valence-corrected chi connectivity index (χ1v) is 41.0. The maximum absolute atomic E-state index is 13.4. The maximum Gasteiger partial charge on any atom is 0.407 e. The zero-order chi connectivity index (χ0) is 82.1. The average molecular weight is 1650 g/mol. The number of hydrogen-bond acceptors (Lipinski definition) is 30. The molecule has 0 spiro atoms. The van der Waals surface area contributed by atoms with E-state index in [9.17, 15) is 38.4 Å². The topological polar surface area (TPSA) is 406 Å². The third-order valence-corrected chi connectivity index (χ3v) is 16.5. The molecule has 1 heterocycles. The largest absolute Gasteiger partial charge is 0.446 e. The summed E-state index contributed by atoms with van der Waals surface area (Å²) < 4.78 is 123. The Hall–Kier alpha value is -6.02. The molecule has 0 saturated heterocycles. The fraction of sp³-hybridized carbons (Fsp3) is 0.821. The Labute approximate surface area is 679 Å². The van der Waals surface area contributed by atoms with Crippen molar-refractivity contribution in [3.05, 3.63) is 36.5 Å². The minimum absolute atomic E-state index is 0.0204. The number of amides is 8. The van der Waals surface area contributed by atoms with Crippen molar-refractivity contribution in [1.29, 1.82) is 0 Å². The highest BCUT2D eigenvalue weighted by Crippen LogP contribution is 2.17. The predicted molar refractivity (Wildman–Crippen MR) is 417 cm³/mol. The molecular formula is C78H137N7O30. The third kappa shape index (κ3) is 67.6. The number of nitrogens with zero attached hydrogens (tertiary/aromatic N) is 2. The molecule has 664 valence electrons. The molecule has 0 aromatic heterocycles. The van der Waals surface area contributed by atoms with E-state index < -0.39 is 24.0 Å². The van der Waals surface area contributed by atoms with Gasteiger partial charge in [0.15, 0.2) is 0 Å². The molecule has 3 aliphatic rings. The van der Waals surface area contributed by atoms with Crippen molar-refractivity contribution >= 4 is 47.6 Å². The van der Waals surface area contributed by atoms with Crippen molar-refractivity contribution in [2.24, 2.45) is 0 Å². The summed E-state index contributed by atoms with van der Waals surface area (Å²) in [6, 6.07) is 0. The van der Waals surface area contributed by atoms with Gasteiger partial charge in [-0.25, -0.2) is 9.59 Å². The molecule has 2 aliphatic carbocycles. The van der Waals surface area contributed by atoms with Gasteiger partial charge in [0.05, 0.1) is 271 Å². The maximum atomic E-state index is 13.4. The highest BCUT2D eigenvalue weighted by atomic mass is 16.6. The molecule has 0 bridgehead atoms. The summed E-state index contributed by atoms with van der Waals surface area (Å²) in [6.45, 7) is 16.1. The Kier molecular flexibility index (Phi) is 71.0. The molecule has 2 unspecified atom stereocenters. The van der Waals surface area contributed by atoms with Crippen LogP contribution < -0.4 is 26.6 Å². The zero-order valence-electron chi connectivity index (χ0n) is 68.1. The normalized spacial score (nSPS) is 15.0. The average Bonchev–Trinajstić information content (AvgIpc) is 1.74. The van der Waals surface area contributed by atoms with Crippen LogP contribution in [0.25, 0.3) is 0 Å². The van der Waals surface area contributed by atoms with Gasteiger partial charge >= 0.3 is 12.2 Å². The van der Waals surface area contributed by atoms with E-state index in [0.29, 0.717) is 277 Å². The Morgan fingerprint density at radius 1 is 0.287 bits per heavy atom. The van der Waals surface area contributed by atoms with Gasteiger partial charge in [-0.15, -0.1) is 0 Å². The first kappa shape index (κ1) is 103. The molecule has 1 aliphatic heterocycles. The number of rotatable bonds is 80. The zero-order valence-corrected chi connectivity index (χ0v) is 68.1. The molecular weight excluding hydrogens is 1510 g/mol. The van der Waals surface area contributed by atoms with E-state index in [1.807, 2.05) is 0 Å². The van der Waals surface area contributed by atoms with Crippen LogP contribution in [-0.4, -0.2) is 386 Å². The third-order valence-electron chi connectivity index (χ3n) is 16.5. The molecule has 2 atom stereocenters. The second kappa shape index (κ2) is 79.1. The number of alkyl carbamates (subject to hydrolysis) is 2. The lowest BCUT2D eigenvalue weighted by molar-refractivity contribution is -0.137. The van der Waals surface area contributed by atoms with E-state index in [1.54, 1.807) is 4.90 Å². The molecule has 3 rings (SSSR count). The first-order valence-electron chi connectivity index (χ1n) is 41.0.